The number of nitrogens with two attached hydrogens (primary N) is 1. The Labute approximate surface area is 54.9 Å². The molecule has 54 valence electrons. The number of rotatable bonds is 3. The third-order valence-electron chi connectivity index (χ3n) is 0.983. The summed E-state index contributed by atoms with van der Waals surface area (Å²) in [5.74, 6) is -0.364. The lowest BCUT2D eigenvalue weighted by atomic mass is 10.0. The summed E-state index contributed by atoms with van der Waals surface area (Å²) >= 11 is 0. The molecule has 0 aromatic carbocycles. The van der Waals surface area contributed by atoms with Gasteiger partial charge in [-0.2, -0.15) is 0 Å². The van der Waals surface area contributed by atoms with Crippen LogP contribution in [0.2, 0.25) is 0 Å². The lowest BCUT2D eigenvalue weighted by molar-refractivity contribution is -0.119. The summed E-state index contributed by atoms with van der Waals surface area (Å²) in [6, 6.07) is 0. The predicted octanol–water partition coefficient (Wildman–Crippen LogP) is 0.0228. The van der Waals surface area contributed by atoms with Crippen LogP contribution in [0.3, 0.4) is 0 Å². The lowest BCUT2D eigenvalue weighted by Crippen LogP contribution is -2.22. The van der Waals surface area contributed by atoms with Crippen molar-refractivity contribution in [1.82, 2.24) is 0 Å². The number of carbonyl (C=O) groups is 1. The minimum absolute atomic E-state index is 0.253. The molecule has 0 aromatic rings. The van der Waals surface area contributed by atoms with E-state index in [0.717, 1.165) is 0 Å². The van der Waals surface area contributed by atoms with E-state index >= 15 is 0 Å². The second-order valence-electron chi connectivity index (χ2n) is 2.78. The van der Waals surface area contributed by atoms with Gasteiger partial charge in [0.1, 0.15) is 0 Å². The Balaban J connectivity index is 3.39. The Morgan fingerprint density at radius 2 is 2.11 bits per heavy atom. The van der Waals surface area contributed by atoms with Crippen LogP contribution in [-0.2, 0) is 4.79 Å². The molecule has 9 heavy (non-hydrogen) atoms. The van der Waals surface area contributed by atoms with Crippen molar-refractivity contribution in [3.63, 3.8) is 0 Å². The average molecular weight is 131 g/mol. The highest BCUT2D eigenvalue weighted by molar-refractivity contribution is 5.73. The van der Waals surface area contributed by atoms with E-state index in [9.17, 15) is 4.79 Å². The molecule has 0 bridgehead atoms. The molecule has 0 unspecified atom stereocenters. The van der Waals surface area contributed by atoms with Gasteiger partial charge in [0.25, 0.3) is 0 Å². The Hall–Kier alpha value is -0.570. The van der Waals surface area contributed by atoms with Crippen LogP contribution in [0.25, 0.3) is 0 Å². The average Bonchev–Trinajstić information content (AvgIpc) is 1.59. The van der Waals surface area contributed by atoms with Gasteiger partial charge in [-0.05, 0) is 20.3 Å². The second-order valence-corrected chi connectivity index (χ2v) is 2.78. The van der Waals surface area contributed by atoms with E-state index in [2.05, 4.69) is 0 Å². The van der Waals surface area contributed by atoms with Gasteiger partial charge in [0.2, 0.25) is 5.91 Å². The summed E-state index contributed by atoms with van der Waals surface area (Å²) in [4.78, 5) is 10.2. The molecule has 0 heterocycles. The van der Waals surface area contributed by atoms with Gasteiger partial charge >= 0.3 is 0 Å². The predicted molar refractivity (Wildman–Crippen MR) is 34.7 cm³/mol. The molecule has 3 heteroatoms. The topological polar surface area (TPSA) is 63.3 Å². The van der Waals surface area contributed by atoms with E-state index in [1.165, 1.54) is 0 Å². The lowest BCUT2D eigenvalue weighted by Gasteiger charge is -2.14. The first-order chi connectivity index (χ1) is 3.92. The molecule has 0 spiro atoms. The van der Waals surface area contributed by atoms with E-state index in [-0.39, 0.29) is 12.3 Å². The van der Waals surface area contributed by atoms with E-state index in [1.807, 2.05) is 0 Å². The van der Waals surface area contributed by atoms with Crippen molar-refractivity contribution in [3.8, 4) is 0 Å². The van der Waals surface area contributed by atoms with Crippen molar-refractivity contribution in [2.75, 3.05) is 0 Å². The molecule has 1 amide bonds. The molecule has 0 radical (unpaired) electrons. The summed E-state index contributed by atoms with van der Waals surface area (Å²) in [6.45, 7) is 3.30. The van der Waals surface area contributed by atoms with Gasteiger partial charge in [0.05, 0.1) is 5.60 Å². The maximum absolute atomic E-state index is 10.2. The largest absolute Gasteiger partial charge is 0.390 e. The maximum Gasteiger partial charge on any atom is 0.217 e. The van der Waals surface area contributed by atoms with Gasteiger partial charge in [-0.25, -0.2) is 0 Å². The van der Waals surface area contributed by atoms with Crippen LogP contribution in [0.1, 0.15) is 26.7 Å². The highest BCUT2D eigenvalue weighted by Crippen LogP contribution is 2.08. The van der Waals surface area contributed by atoms with Crippen LogP contribution in [0.5, 0.6) is 0 Å². The molecule has 0 aliphatic rings. The van der Waals surface area contributed by atoms with Crippen LogP contribution in [0.15, 0.2) is 0 Å². The van der Waals surface area contributed by atoms with Crippen molar-refractivity contribution >= 4 is 5.91 Å². The fourth-order valence-corrected chi connectivity index (χ4v) is 0.429. The summed E-state index contributed by atoms with van der Waals surface area (Å²) < 4.78 is 0. The molecular formula is C6H13NO2. The van der Waals surface area contributed by atoms with E-state index < -0.39 is 5.60 Å². The van der Waals surface area contributed by atoms with Crippen LogP contribution >= 0.6 is 0 Å². The highest BCUT2D eigenvalue weighted by Gasteiger charge is 2.12. The number of hydrogen-bond donors (Lipinski definition) is 2. The first-order valence-corrected chi connectivity index (χ1v) is 2.92. The quantitative estimate of drug-likeness (QED) is 0.567. The Morgan fingerprint density at radius 1 is 1.67 bits per heavy atom. The molecule has 0 saturated carbocycles. The molecule has 0 rings (SSSR count). The van der Waals surface area contributed by atoms with Gasteiger partial charge < -0.3 is 10.8 Å². The molecule has 0 aliphatic carbocycles. The third-order valence-corrected chi connectivity index (χ3v) is 0.983. The molecule has 0 aromatic heterocycles. The fourth-order valence-electron chi connectivity index (χ4n) is 0.429. The first-order valence-electron chi connectivity index (χ1n) is 2.92. The van der Waals surface area contributed by atoms with Gasteiger partial charge in [0.15, 0.2) is 0 Å². The van der Waals surface area contributed by atoms with Crippen LogP contribution < -0.4 is 5.73 Å². The van der Waals surface area contributed by atoms with E-state index in [1.54, 1.807) is 13.8 Å². The Kier molecular flexibility index (Phi) is 2.65. The molecule has 0 atom stereocenters. The molecule has 3 nitrogen and oxygen atoms in total. The van der Waals surface area contributed by atoms with Crippen LogP contribution in [0, 0.1) is 0 Å². The monoisotopic (exact) mass is 131 g/mol. The van der Waals surface area contributed by atoms with Crippen molar-refractivity contribution in [1.29, 1.82) is 0 Å². The zero-order valence-electron chi connectivity index (χ0n) is 5.85. The number of amides is 1. The highest BCUT2D eigenvalue weighted by atomic mass is 16.3. The standard InChI is InChI=1S/C6H13NO2/c1-6(2,9)4-3-5(7)8/h9H,3-4H2,1-2H3,(H2,7,8). The SMILES string of the molecule is CC(C)(O)CCC(N)=O. The molecular weight excluding hydrogens is 118 g/mol. The summed E-state index contributed by atoms with van der Waals surface area (Å²) in [5.41, 5.74) is 4.08. The zero-order chi connectivity index (χ0) is 7.49. The van der Waals surface area contributed by atoms with Gasteiger partial charge in [-0.15, -0.1) is 0 Å². The third kappa shape index (κ3) is 7.43. The van der Waals surface area contributed by atoms with Crippen molar-refractivity contribution in [2.24, 2.45) is 5.73 Å². The summed E-state index contributed by atoms with van der Waals surface area (Å²) in [5, 5.41) is 9.06. The maximum atomic E-state index is 10.2. The summed E-state index contributed by atoms with van der Waals surface area (Å²) in [6.07, 6.45) is 0.686. The minimum atomic E-state index is -0.769. The normalized spacial score (nSPS) is 11.4. The second kappa shape index (κ2) is 2.82. The van der Waals surface area contributed by atoms with E-state index in [4.69, 9.17) is 10.8 Å². The van der Waals surface area contributed by atoms with Gasteiger partial charge in [0, 0.05) is 6.42 Å². The smallest absolute Gasteiger partial charge is 0.217 e. The minimum Gasteiger partial charge on any atom is -0.390 e. The van der Waals surface area contributed by atoms with Crippen LogP contribution in [-0.4, -0.2) is 16.6 Å². The Morgan fingerprint density at radius 3 is 2.22 bits per heavy atom. The van der Waals surface area contributed by atoms with Crippen molar-refractivity contribution < 1.29 is 9.90 Å². The molecule has 3 N–H and O–H groups in total. The van der Waals surface area contributed by atoms with Gasteiger partial charge in [-0.3, -0.25) is 4.79 Å². The van der Waals surface area contributed by atoms with Crippen LogP contribution in [0.4, 0.5) is 0 Å². The summed E-state index contributed by atoms with van der Waals surface area (Å²) in [7, 11) is 0. The van der Waals surface area contributed by atoms with Gasteiger partial charge in [-0.1, -0.05) is 0 Å². The molecule has 0 aliphatic heterocycles. The Bertz CT molecular complexity index is 104. The molecule has 0 saturated heterocycles. The number of aliphatic hydroxyl groups is 1. The van der Waals surface area contributed by atoms with E-state index in [0.29, 0.717) is 6.42 Å². The number of primary amides is 1. The number of carbonyl (C=O) groups excluding carboxylic acids is 1. The zero-order valence-corrected chi connectivity index (χ0v) is 5.85. The molecule has 0 fully saturated rings. The fraction of sp³-hybridized carbons (Fsp3) is 0.833. The van der Waals surface area contributed by atoms with Crippen molar-refractivity contribution in [3.05, 3.63) is 0 Å². The first kappa shape index (κ1) is 8.43. The van der Waals surface area contributed by atoms with Crippen molar-refractivity contribution in [2.45, 2.75) is 32.3 Å². The number of hydrogen-bond acceptors (Lipinski definition) is 2.